The van der Waals surface area contributed by atoms with Gasteiger partial charge in [-0.05, 0) is 38.1 Å². The third-order valence-corrected chi connectivity index (χ3v) is 3.13. The second kappa shape index (κ2) is 7.07. The summed E-state index contributed by atoms with van der Waals surface area (Å²) in [6.45, 7) is 2.85. The Labute approximate surface area is 130 Å². The number of benzene rings is 1. The van der Waals surface area contributed by atoms with E-state index in [-0.39, 0.29) is 6.42 Å². The second-order valence-corrected chi connectivity index (χ2v) is 5.92. The number of amides is 3. The number of carbonyl (C=O) groups is 3. The quantitative estimate of drug-likeness (QED) is 0.618. The maximum atomic E-state index is 11.5. The molecule has 0 heterocycles. The van der Waals surface area contributed by atoms with Gasteiger partial charge < -0.3 is 10.4 Å². The highest BCUT2D eigenvalue weighted by molar-refractivity contribution is 9.10. The summed E-state index contributed by atoms with van der Waals surface area (Å²) >= 11 is 3.27. The first-order valence-corrected chi connectivity index (χ1v) is 6.85. The van der Waals surface area contributed by atoms with Crippen molar-refractivity contribution in [2.45, 2.75) is 20.3 Å². The fourth-order valence-corrected chi connectivity index (χ4v) is 1.61. The SMILES string of the molecule is CC(C)(CC(=O)NNC(=O)Nc1ccc(Br)cc1)C(=O)O. The van der Waals surface area contributed by atoms with E-state index >= 15 is 0 Å². The molecule has 7 nitrogen and oxygen atoms in total. The molecule has 0 saturated carbocycles. The largest absolute Gasteiger partial charge is 0.481 e. The minimum atomic E-state index is -1.20. The van der Waals surface area contributed by atoms with Gasteiger partial charge in [0.25, 0.3) is 0 Å². The van der Waals surface area contributed by atoms with Crippen LogP contribution in [-0.2, 0) is 9.59 Å². The fraction of sp³-hybridized carbons (Fsp3) is 0.308. The van der Waals surface area contributed by atoms with E-state index in [0.717, 1.165) is 4.47 Å². The average molecular weight is 358 g/mol. The van der Waals surface area contributed by atoms with Crippen LogP contribution in [0.15, 0.2) is 28.7 Å². The second-order valence-electron chi connectivity index (χ2n) is 5.00. The average Bonchev–Trinajstić information content (AvgIpc) is 2.38. The molecule has 0 bridgehead atoms. The number of halogens is 1. The lowest BCUT2D eigenvalue weighted by Gasteiger charge is -2.18. The zero-order valence-corrected chi connectivity index (χ0v) is 13.2. The van der Waals surface area contributed by atoms with Crippen LogP contribution in [0.5, 0.6) is 0 Å². The highest BCUT2D eigenvalue weighted by Gasteiger charge is 2.30. The molecule has 114 valence electrons. The molecule has 4 N–H and O–H groups in total. The summed E-state index contributed by atoms with van der Waals surface area (Å²) in [5.41, 5.74) is 3.66. The Morgan fingerprint density at radius 2 is 1.71 bits per heavy atom. The monoisotopic (exact) mass is 357 g/mol. The molecule has 0 aliphatic rings. The van der Waals surface area contributed by atoms with Gasteiger partial charge in [0.1, 0.15) is 0 Å². The number of carbonyl (C=O) groups excluding carboxylic acids is 2. The van der Waals surface area contributed by atoms with Crippen LogP contribution in [0.1, 0.15) is 20.3 Å². The van der Waals surface area contributed by atoms with Crippen LogP contribution in [0, 0.1) is 5.41 Å². The summed E-state index contributed by atoms with van der Waals surface area (Å²) < 4.78 is 0.873. The Bertz CT molecular complexity index is 543. The lowest BCUT2D eigenvalue weighted by Crippen LogP contribution is -2.45. The molecule has 8 heteroatoms. The van der Waals surface area contributed by atoms with Crippen LogP contribution in [-0.4, -0.2) is 23.0 Å². The standard InChI is InChI=1S/C13H16BrN3O4/c1-13(2,11(19)20)7-10(18)16-17-12(21)15-9-5-3-8(14)4-6-9/h3-6H,7H2,1-2H3,(H,16,18)(H,19,20)(H2,15,17,21). The van der Waals surface area contributed by atoms with Crippen molar-refractivity contribution in [2.24, 2.45) is 5.41 Å². The van der Waals surface area contributed by atoms with E-state index in [9.17, 15) is 14.4 Å². The molecule has 0 aromatic heterocycles. The number of carboxylic acid groups (broad SMARTS) is 1. The zero-order valence-electron chi connectivity index (χ0n) is 11.6. The van der Waals surface area contributed by atoms with Crippen LogP contribution < -0.4 is 16.2 Å². The van der Waals surface area contributed by atoms with Gasteiger partial charge in [-0.15, -0.1) is 0 Å². The number of rotatable bonds is 4. The van der Waals surface area contributed by atoms with Gasteiger partial charge in [-0.2, -0.15) is 0 Å². The first-order valence-electron chi connectivity index (χ1n) is 6.05. The molecular weight excluding hydrogens is 342 g/mol. The Morgan fingerprint density at radius 3 is 2.24 bits per heavy atom. The topological polar surface area (TPSA) is 108 Å². The number of nitrogens with one attached hydrogen (secondary N) is 3. The van der Waals surface area contributed by atoms with Crippen LogP contribution in [0.4, 0.5) is 10.5 Å². The molecular formula is C13H16BrN3O4. The number of urea groups is 1. The summed E-state index contributed by atoms with van der Waals surface area (Å²) in [7, 11) is 0. The first-order chi connectivity index (χ1) is 9.70. The molecule has 1 rings (SSSR count). The van der Waals surface area contributed by atoms with Crippen molar-refractivity contribution in [3.05, 3.63) is 28.7 Å². The number of hydrazine groups is 1. The van der Waals surface area contributed by atoms with Gasteiger partial charge in [0, 0.05) is 16.6 Å². The molecule has 0 aliphatic heterocycles. The minimum absolute atomic E-state index is 0.249. The van der Waals surface area contributed by atoms with Crippen molar-refractivity contribution < 1.29 is 19.5 Å². The molecule has 0 atom stereocenters. The molecule has 0 unspecified atom stereocenters. The molecule has 1 aromatic carbocycles. The van der Waals surface area contributed by atoms with Crippen LogP contribution in [0.2, 0.25) is 0 Å². The third-order valence-electron chi connectivity index (χ3n) is 2.60. The Morgan fingerprint density at radius 1 is 1.14 bits per heavy atom. The summed E-state index contributed by atoms with van der Waals surface area (Å²) in [4.78, 5) is 34.0. The van der Waals surface area contributed by atoms with Gasteiger partial charge in [0.15, 0.2) is 0 Å². The molecule has 21 heavy (non-hydrogen) atoms. The Kier molecular flexibility index (Phi) is 5.71. The number of aliphatic carboxylic acids is 1. The first kappa shape index (κ1) is 17.0. The molecule has 0 spiro atoms. The number of anilines is 1. The molecule has 0 saturated heterocycles. The summed E-state index contributed by atoms with van der Waals surface area (Å²) in [5.74, 6) is -1.68. The van der Waals surface area contributed by atoms with Crippen molar-refractivity contribution >= 4 is 39.5 Å². The maximum absolute atomic E-state index is 11.5. The van der Waals surface area contributed by atoms with E-state index in [1.54, 1.807) is 24.3 Å². The van der Waals surface area contributed by atoms with E-state index in [0.29, 0.717) is 5.69 Å². The van der Waals surface area contributed by atoms with Gasteiger partial charge in [-0.1, -0.05) is 15.9 Å². The Hall–Kier alpha value is -2.09. The lowest BCUT2D eigenvalue weighted by molar-refractivity contribution is -0.149. The fourth-order valence-electron chi connectivity index (χ4n) is 1.34. The van der Waals surface area contributed by atoms with E-state index < -0.39 is 23.3 Å². The van der Waals surface area contributed by atoms with E-state index in [1.165, 1.54) is 13.8 Å². The third kappa shape index (κ3) is 5.82. The summed E-state index contributed by atoms with van der Waals surface area (Å²) in [5, 5.41) is 11.4. The maximum Gasteiger partial charge on any atom is 0.337 e. The van der Waals surface area contributed by atoms with Gasteiger partial charge in [0.2, 0.25) is 5.91 Å². The predicted molar refractivity (Wildman–Crippen MR) is 80.5 cm³/mol. The molecule has 1 aromatic rings. The van der Waals surface area contributed by atoms with Crippen molar-refractivity contribution in [3.8, 4) is 0 Å². The van der Waals surface area contributed by atoms with Crippen LogP contribution >= 0.6 is 15.9 Å². The van der Waals surface area contributed by atoms with Gasteiger partial charge in [-0.25, -0.2) is 10.2 Å². The molecule has 0 fully saturated rings. The van der Waals surface area contributed by atoms with E-state index in [1.807, 2.05) is 0 Å². The van der Waals surface area contributed by atoms with Crippen LogP contribution in [0.3, 0.4) is 0 Å². The summed E-state index contributed by atoms with van der Waals surface area (Å²) in [6.07, 6.45) is -0.249. The van der Waals surface area contributed by atoms with E-state index in [2.05, 4.69) is 32.1 Å². The van der Waals surface area contributed by atoms with Crippen molar-refractivity contribution in [1.29, 1.82) is 0 Å². The lowest BCUT2D eigenvalue weighted by atomic mass is 9.89. The normalized spacial score (nSPS) is 10.6. The van der Waals surface area contributed by atoms with Gasteiger partial charge >= 0.3 is 12.0 Å². The van der Waals surface area contributed by atoms with Crippen LogP contribution in [0.25, 0.3) is 0 Å². The van der Waals surface area contributed by atoms with Crippen molar-refractivity contribution in [1.82, 2.24) is 10.9 Å². The number of hydrogen-bond acceptors (Lipinski definition) is 3. The van der Waals surface area contributed by atoms with Gasteiger partial charge in [-0.3, -0.25) is 15.0 Å². The highest BCUT2D eigenvalue weighted by Crippen LogP contribution is 2.19. The minimum Gasteiger partial charge on any atom is -0.481 e. The smallest absolute Gasteiger partial charge is 0.337 e. The predicted octanol–water partition coefficient (Wildman–Crippen LogP) is 2.10. The highest BCUT2D eigenvalue weighted by atomic mass is 79.9. The number of hydrogen-bond donors (Lipinski definition) is 4. The van der Waals surface area contributed by atoms with Gasteiger partial charge in [0.05, 0.1) is 5.41 Å². The van der Waals surface area contributed by atoms with Crippen molar-refractivity contribution in [2.75, 3.05) is 5.32 Å². The Balaban J connectivity index is 2.41. The molecule has 0 aliphatic carbocycles. The molecule has 0 radical (unpaired) electrons. The zero-order chi connectivity index (χ0) is 16.0. The summed E-state index contributed by atoms with van der Waals surface area (Å²) in [6, 6.07) is 6.24. The number of carboxylic acids is 1. The molecule has 3 amide bonds. The van der Waals surface area contributed by atoms with E-state index in [4.69, 9.17) is 5.11 Å². The van der Waals surface area contributed by atoms with Crippen molar-refractivity contribution in [3.63, 3.8) is 0 Å².